The maximum absolute atomic E-state index is 10.8. The van der Waals surface area contributed by atoms with Crippen LogP contribution in [-0.2, 0) is 11.3 Å². The summed E-state index contributed by atoms with van der Waals surface area (Å²) >= 11 is 0. The number of hydrogen-bond acceptors (Lipinski definition) is 4. The van der Waals surface area contributed by atoms with Crippen molar-refractivity contribution in [3.05, 3.63) is 46.8 Å². The summed E-state index contributed by atoms with van der Waals surface area (Å²) in [6, 6.07) is 5.99. The first-order valence-electron chi connectivity index (χ1n) is 9.51. The van der Waals surface area contributed by atoms with Gasteiger partial charge in [0, 0.05) is 18.1 Å². The van der Waals surface area contributed by atoms with Crippen LogP contribution < -0.4 is 0 Å². The first kappa shape index (κ1) is 17.3. The fraction of sp³-hybridized carbons (Fsp3) is 0.524. The van der Waals surface area contributed by atoms with Crippen LogP contribution in [0.1, 0.15) is 60.6 Å². The van der Waals surface area contributed by atoms with Crippen LogP contribution in [0.25, 0.3) is 0 Å². The van der Waals surface area contributed by atoms with Crippen LogP contribution in [0.4, 0.5) is 0 Å². The predicted octanol–water partition coefficient (Wildman–Crippen LogP) is 3.00. The highest BCUT2D eigenvalue weighted by Gasteiger charge is 2.20. The lowest BCUT2D eigenvalue weighted by molar-refractivity contribution is 0.00368. The molecule has 2 aromatic rings. The van der Waals surface area contributed by atoms with Gasteiger partial charge in [-0.2, -0.15) is 0 Å². The van der Waals surface area contributed by atoms with Crippen molar-refractivity contribution in [3.63, 3.8) is 0 Å². The van der Waals surface area contributed by atoms with Crippen molar-refractivity contribution in [2.45, 2.75) is 57.8 Å². The average molecular weight is 351 g/mol. The fourth-order valence-corrected chi connectivity index (χ4v) is 3.27. The van der Waals surface area contributed by atoms with Crippen LogP contribution >= 0.6 is 0 Å². The molecule has 5 nitrogen and oxygen atoms in total. The van der Waals surface area contributed by atoms with E-state index >= 15 is 0 Å². The molecule has 5 heteroatoms. The molecular formula is C21H25N3O2. The van der Waals surface area contributed by atoms with E-state index in [1.54, 1.807) is 4.68 Å². The summed E-state index contributed by atoms with van der Waals surface area (Å²) in [7, 11) is 0. The van der Waals surface area contributed by atoms with Gasteiger partial charge in [-0.05, 0) is 62.3 Å². The molecule has 2 atom stereocenters. The van der Waals surface area contributed by atoms with Gasteiger partial charge >= 0.3 is 0 Å². The van der Waals surface area contributed by atoms with Gasteiger partial charge in [-0.15, -0.1) is 5.10 Å². The third-order valence-corrected chi connectivity index (χ3v) is 5.07. The zero-order chi connectivity index (χ0) is 17.9. The van der Waals surface area contributed by atoms with Crippen molar-refractivity contribution in [1.82, 2.24) is 15.0 Å². The van der Waals surface area contributed by atoms with Crippen LogP contribution in [0.5, 0.6) is 0 Å². The molecule has 1 aromatic carbocycles. The maximum atomic E-state index is 10.8. The third-order valence-electron chi connectivity index (χ3n) is 5.07. The predicted molar refractivity (Wildman–Crippen MR) is 98.5 cm³/mol. The monoisotopic (exact) mass is 351 g/mol. The van der Waals surface area contributed by atoms with Gasteiger partial charge in [-0.1, -0.05) is 23.1 Å². The highest BCUT2D eigenvalue weighted by molar-refractivity contribution is 5.43. The summed E-state index contributed by atoms with van der Waals surface area (Å²) in [5, 5.41) is 19.2. The Balaban J connectivity index is 1.49. The van der Waals surface area contributed by atoms with E-state index in [0.717, 1.165) is 36.1 Å². The molecule has 2 unspecified atom stereocenters. The van der Waals surface area contributed by atoms with E-state index in [4.69, 9.17) is 4.74 Å². The van der Waals surface area contributed by atoms with Crippen molar-refractivity contribution in [2.75, 3.05) is 6.61 Å². The smallest absolute Gasteiger partial charge is 0.125 e. The Kier molecular flexibility index (Phi) is 5.05. The summed E-state index contributed by atoms with van der Waals surface area (Å²) < 4.78 is 7.53. The molecule has 1 aromatic heterocycles. The van der Waals surface area contributed by atoms with Gasteiger partial charge < -0.3 is 9.84 Å². The van der Waals surface area contributed by atoms with Crippen LogP contribution in [-0.4, -0.2) is 32.8 Å². The SMILES string of the molecule is Cc1ccc(C#CC2CC2)cc1C(O)c1cn(CC2CCCCO2)nn1. The van der Waals surface area contributed by atoms with Crippen molar-refractivity contribution in [2.24, 2.45) is 5.92 Å². The Morgan fingerprint density at radius 1 is 1.31 bits per heavy atom. The van der Waals surface area contributed by atoms with Crippen LogP contribution in [0.15, 0.2) is 24.4 Å². The molecular weight excluding hydrogens is 326 g/mol. The van der Waals surface area contributed by atoms with Gasteiger partial charge in [0.05, 0.1) is 18.8 Å². The lowest BCUT2D eigenvalue weighted by Gasteiger charge is -2.21. The second-order valence-electron chi connectivity index (χ2n) is 7.37. The lowest BCUT2D eigenvalue weighted by Crippen LogP contribution is -2.24. The molecule has 136 valence electrons. The summed E-state index contributed by atoms with van der Waals surface area (Å²) in [5.41, 5.74) is 3.38. The largest absolute Gasteiger partial charge is 0.382 e. The second kappa shape index (κ2) is 7.61. The Bertz CT molecular complexity index is 823. The van der Waals surface area contributed by atoms with Crippen molar-refractivity contribution >= 4 is 0 Å². The number of ether oxygens (including phenoxy) is 1. The standard InChI is InChI=1S/C21H25N3O2/c1-15-5-6-17(10-9-16-7-8-16)12-19(15)21(25)20-14-24(23-22-20)13-18-4-2-3-11-26-18/h5-6,12,14,16,18,21,25H,2-4,7-8,11,13H2,1H3. The molecule has 0 amide bonds. The minimum Gasteiger partial charge on any atom is -0.382 e. The molecule has 1 saturated carbocycles. The minimum atomic E-state index is -0.793. The van der Waals surface area contributed by atoms with E-state index in [0.29, 0.717) is 18.2 Å². The Morgan fingerprint density at radius 2 is 2.19 bits per heavy atom. The zero-order valence-electron chi connectivity index (χ0n) is 15.2. The topological polar surface area (TPSA) is 60.2 Å². The van der Waals surface area contributed by atoms with Crippen LogP contribution in [0.3, 0.4) is 0 Å². The van der Waals surface area contributed by atoms with Crippen molar-refractivity contribution < 1.29 is 9.84 Å². The van der Waals surface area contributed by atoms with Gasteiger partial charge in [-0.25, -0.2) is 4.68 Å². The molecule has 1 saturated heterocycles. The van der Waals surface area contributed by atoms with Gasteiger partial charge in [-0.3, -0.25) is 0 Å². The molecule has 2 fully saturated rings. The Hall–Kier alpha value is -2.16. The molecule has 1 N–H and O–H groups in total. The molecule has 4 rings (SSSR count). The van der Waals surface area contributed by atoms with Crippen molar-refractivity contribution in [1.29, 1.82) is 0 Å². The van der Waals surface area contributed by atoms with Gasteiger partial charge in [0.15, 0.2) is 0 Å². The number of aryl methyl sites for hydroxylation is 1. The van der Waals surface area contributed by atoms with Crippen LogP contribution in [0, 0.1) is 24.7 Å². The Morgan fingerprint density at radius 3 is 2.96 bits per heavy atom. The maximum Gasteiger partial charge on any atom is 0.125 e. The summed E-state index contributed by atoms with van der Waals surface area (Å²) in [6.45, 7) is 3.51. The quantitative estimate of drug-likeness (QED) is 0.860. The van der Waals surface area contributed by atoms with E-state index in [-0.39, 0.29) is 6.10 Å². The number of aromatic nitrogens is 3. The molecule has 0 spiro atoms. The first-order chi connectivity index (χ1) is 12.7. The summed E-state index contributed by atoms with van der Waals surface area (Å²) in [6.07, 6.45) is 7.03. The number of nitrogens with zero attached hydrogens (tertiary/aromatic N) is 3. The average Bonchev–Trinajstić information content (AvgIpc) is 3.38. The lowest BCUT2D eigenvalue weighted by atomic mass is 9.99. The molecule has 0 radical (unpaired) electrons. The number of aliphatic hydroxyl groups is 1. The highest BCUT2D eigenvalue weighted by atomic mass is 16.5. The van der Waals surface area contributed by atoms with E-state index in [9.17, 15) is 5.11 Å². The third kappa shape index (κ3) is 4.14. The molecule has 2 aliphatic rings. The summed E-state index contributed by atoms with van der Waals surface area (Å²) in [4.78, 5) is 0. The van der Waals surface area contributed by atoms with E-state index in [1.807, 2.05) is 31.3 Å². The number of rotatable bonds is 4. The van der Waals surface area contributed by atoms with E-state index < -0.39 is 6.10 Å². The second-order valence-corrected chi connectivity index (χ2v) is 7.37. The molecule has 26 heavy (non-hydrogen) atoms. The first-order valence-corrected chi connectivity index (χ1v) is 9.51. The molecule has 2 heterocycles. The molecule has 0 bridgehead atoms. The number of aliphatic hydroxyl groups excluding tert-OH is 1. The highest BCUT2D eigenvalue weighted by Crippen LogP contribution is 2.28. The summed E-state index contributed by atoms with van der Waals surface area (Å²) in [5.74, 6) is 7.05. The van der Waals surface area contributed by atoms with Gasteiger partial charge in [0.1, 0.15) is 11.8 Å². The van der Waals surface area contributed by atoms with Gasteiger partial charge in [0.2, 0.25) is 0 Å². The molecule has 1 aliphatic carbocycles. The zero-order valence-corrected chi connectivity index (χ0v) is 15.2. The number of hydrogen-bond donors (Lipinski definition) is 1. The van der Waals surface area contributed by atoms with E-state index in [2.05, 4.69) is 22.2 Å². The van der Waals surface area contributed by atoms with E-state index in [1.165, 1.54) is 19.3 Å². The fourth-order valence-electron chi connectivity index (χ4n) is 3.27. The normalized spacial score (nSPS) is 21.1. The molecule has 1 aliphatic heterocycles. The van der Waals surface area contributed by atoms with Crippen LogP contribution in [0.2, 0.25) is 0 Å². The Labute approximate surface area is 154 Å². The minimum absolute atomic E-state index is 0.193. The van der Waals surface area contributed by atoms with Gasteiger partial charge in [0.25, 0.3) is 0 Å². The number of benzene rings is 1. The van der Waals surface area contributed by atoms with Crippen molar-refractivity contribution in [3.8, 4) is 11.8 Å².